The third-order valence-electron chi connectivity index (χ3n) is 5.34. The third-order valence-corrected chi connectivity index (χ3v) is 6.40. The molecule has 1 aliphatic rings. The van der Waals surface area contributed by atoms with Crippen molar-refractivity contribution in [2.75, 3.05) is 24.4 Å². The Hall–Kier alpha value is -3.40. The van der Waals surface area contributed by atoms with E-state index in [2.05, 4.69) is 41.5 Å². The van der Waals surface area contributed by atoms with E-state index in [0.29, 0.717) is 47.3 Å². The van der Waals surface area contributed by atoms with Crippen molar-refractivity contribution in [2.24, 2.45) is 0 Å². The third kappa shape index (κ3) is 5.39. The monoisotopic (exact) mass is 483 g/mol. The number of carbonyl (C=O) groups excluding carboxylic acids is 1. The molecule has 0 spiro atoms. The Morgan fingerprint density at radius 1 is 1.15 bits per heavy atom. The van der Waals surface area contributed by atoms with E-state index in [-0.39, 0.29) is 12.5 Å². The molecule has 1 atom stereocenters. The van der Waals surface area contributed by atoms with Crippen molar-refractivity contribution in [1.82, 2.24) is 14.9 Å². The fourth-order valence-electron chi connectivity index (χ4n) is 3.45. The van der Waals surface area contributed by atoms with Crippen LogP contribution in [0.5, 0.6) is 17.2 Å². The molecule has 10 heteroatoms. The molecule has 180 valence electrons. The number of benzene rings is 2. The fourth-order valence-corrected chi connectivity index (χ4v) is 4.24. The van der Waals surface area contributed by atoms with E-state index in [9.17, 15) is 4.79 Å². The van der Waals surface area contributed by atoms with Crippen LogP contribution in [0, 0.1) is 6.92 Å². The maximum atomic E-state index is 12.7. The van der Waals surface area contributed by atoms with Crippen LogP contribution in [-0.4, -0.2) is 39.2 Å². The van der Waals surface area contributed by atoms with Gasteiger partial charge in [0, 0.05) is 11.8 Å². The molecule has 0 radical (unpaired) electrons. The van der Waals surface area contributed by atoms with Crippen molar-refractivity contribution < 1.29 is 19.0 Å². The molecule has 0 aliphatic carbocycles. The van der Waals surface area contributed by atoms with Crippen molar-refractivity contribution in [3.8, 4) is 17.2 Å². The summed E-state index contributed by atoms with van der Waals surface area (Å²) in [5.74, 6) is 8.90. The van der Waals surface area contributed by atoms with Gasteiger partial charge in [0.2, 0.25) is 11.1 Å². The van der Waals surface area contributed by atoms with Gasteiger partial charge >= 0.3 is 0 Å². The molecule has 1 amide bonds. The average Bonchev–Trinajstić information content (AvgIpc) is 3.16. The number of nitrogens with zero attached hydrogens (tertiary/aromatic N) is 3. The molecule has 1 aromatic heterocycles. The van der Waals surface area contributed by atoms with Crippen LogP contribution < -0.4 is 25.4 Å². The lowest BCUT2D eigenvalue weighted by Gasteiger charge is -2.19. The standard InChI is InChI=1S/C24H29N5O4S/c1-14(2)18-7-5-15(3)11-20(18)33-13-22-27-28-24(29(22)25)34-16(4)23(30)26-17-6-8-19-21(12-17)32-10-9-31-19/h5-8,11-12,14,16H,9-10,13,25H2,1-4H3,(H,26,30). The number of hydrogen-bond donors (Lipinski definition) is 2. The van der Waals surface area contributed by atoms with Crippen LogP contribution in [0.3, 0.4) is 0 Å². The molecule has 34 heavy (non-hydrogen) atoms. The lowest BCUT2D eigenvalue weighted by molar-refractivity contribution is -0.115. The van der Waals surface area contributed by atoms with Gasteiger partial charge in [0.1, 0.15) is 25.6 Å². The quantitative estimate of drug-likeness (QED) is 0.366. The Bertz CT molecular complexity index is 1180. The summed E-state index contributed by atoms with van der Waals surface area (Å²) in [5.41, 5.74) is 2.86. The number of nitrogen functional groups attached to an aromatic ring is 1. The van der Waals surface area contributed by atoms with Crippen LogP contribution in [0.4, 0.5) is 5.69 Å². The van der Waals surface area contributed by atoms with Crippen molar-refractivity contribution in [1.29, 1.82) is 0 Å². The van der Waals surface area contributed by atoms with Crippen molar-refractivity contribution >= 4 is 23.4 Å². The smallest absolute Gasteiger partial charge is 0.237 e. The van der Waals surface area contributed by atoms with Crippen LogP contribution >= 0.6 is 11.8 Å². The molecule has 3 aromatic rings. The second-order valence-corrected chi connectivity index (χ2v) is 9.67. The lowest BCUT2D eigenvalue weighted by atomic mass is 10.0. The van der Waals surface area contributed by atoms with Crippen LogP contribution in [0.2, 0.25) is 0 Å². The molecule has 1 unspecified atom stereocenters. The van der Waals surface area contributed by atoms with Gasteiger partial charge in [-0.2, -0.15) is 0 Å². The van der Waals surface area contributed by atoms with E-state index in [1.807, 2.05) is 13.0 Å². The lowest BCUT2D eigenvalue weighted by Crippen LogP contribution is -2.24. The molecule has 2 heterocycles. The predicted octanol–water partition coefficient (Wildman–Crippen LogP) is 3.89. The largest absolute Gasteiger partial charge is 0.486 e. The Balaban J connectivity index is 1.37. The first-order valence-electron chi connectivity index (χ1n) is 11.1. The van der Waals surface area contributed by atoms with Gasteiger partial charge in [-0.1, -0.05) is 37.7 Å². The van der Waals surface area contributed by atoms with E-state index >= 15 is 0 Å². The second-order valence-electron chi connectivity index (χ2n) is 8.36. The molecular formula is C24H29N5O4S. The zero-order valence-electron chi connectivity index (χ0n) is 19.7. The van der Waals surface area contributed by atoms with E-state index in [1.54, 1.807) is 25.1 Å². The van der Waals surface area contributed by atoms with Crippen LogP contribution in [0.15, 0.2) is 41.6 Å². The SMILES string of the molecule is Cc1ccc(C(C)C)c(OCc2nnc(SC(C)C(=O)Nc3ccc4c(c3)OCCO4)n2N)c1. The second kappa shape index (κ2) is 10.3. The highest BCUT2D eigenvalue weighted by molar-refractivity contribution is 8.00. The first kappa shape index (κ1) is 23.7. The average molecular weight is 484 g/mol. The maximum Gasteiger partial charge on any atom is 0.237 e. The molecule has 0 bridgehead atoms. The Morgan fingerprint density at radius 2 is 1.91 bits per heavy atom. The molecular weight excluding hydrogens is 454 g/mol. The molecule has 3 N–H and O–H groups in total. The van der Waals surface area contributed by atoms with Gasteiger partial charge < -0.3 is 25.4 Å². The normalized spacial score (nSPS) is 13.6. The van der Waals surface area contributed by atoms with Gasteiger partial charge in [-0.15, -0.1) is 10.2 Å². The molecule has 0 saturated carbocycles. The number of rotatable bonds is 8. The molecule has 2 aromatic carbocycles. The summed E-state index contributed by atoms with van der Waals surface area (Å²) in [6.45, 7) is 9.22. The summed E-state index contributed by atoms with van der Waals surface area (Å²) in [6, 6.07) is 11.5. The zero-order valence-corrected chi connectivity index (χ0v) is 20.5. The van der Waals surface area contributed by atoms with Crippen molar-refractivity contribution in [3.05, 3.63) is 53.3 Å². The van der Waals surface area contributed by atoms with E-state index in [4.69, 9.17) is 20.1 Å². The number of amides is 1. The zero-order chi connectivity index (χ0) is 24.2. The van der Waals surface area contributed by atoms with Gasteiger partial charge in [-0.05, 0) is 49.1 Å². The summed E-state index contributed by atoms with van der Waals surface area (Å²) in [6.07, 6.45) is 0. The van der Waals surface area contributed by atoms with Gasteiger partial charge in [-0.25, -0.2) is 4.68 Å². The summed E-state index contributed by atoms with van der Waals surface area (Å²) in [7, 11) is 0. The number of ether oxygens (including phenoxy) is 3. The van der Waals surface area contributed by atoms with Gasteiger partial charge in [0.25, 0.3) is 0 Å². The summed E-state index contributed by atoms with van der Waals surface area (Å²) < 4.78 is 18.5. The first-order chi connectivity index (χ1) is 16.3. The predicted molar refractivity (Wildman–Crippen MR) is 131 cm³/mol. The maximum absolute atomic E-state index is 12.7. The topological polar surface area (TPSA) is 114 Å². The number of fused-ring (bicyclic) bond motifs is 1. The molecule has 9 nitrogen and oxygen atoms in total. The minimum atomic E-state index is -0.460. The molecule has 1 aliphatic heterocycles. The van der Waals surface area contributed by atoms with Crippen molar-refractivity contribution in [3.63, 3.8) is 0 Å². The molecule has 0 saturated heterocycles. The van der Waals surface area contributed by atoms with Crippen LogP contribution in [-0.2, 0) is 11.4 Å². The number of carbonyl (C=O) groups is 1. The minimum absolute atomic E-state index is 0.172. The number of nitrogens with one attached hydrogen (secondary N) is 1. The van der Waals surface area contributed by atoms with Gasteiger partial charge in [0.05, 0.1) is 5.25 Å². The summed E-state index contributed by atoms with van der Waals surface area (Å²) in [4.78, 5) is 12.7. The van der Waals surface area contributed by atoms with Crippen LogP contribution in [0.1, 0.15) is 43.6 Å². The molecule has 0 fully saturated rings. The number of hydrogen-bond acceptors (Lipinski definition) is 8. The number of aryl methyl sites for hydroxylation is 1. The van der Waals surface area contributed by atoms with E-state index in [0.717, 1.165) is 16.9 Å². The highest BCUT2D eigenvalue weighted by Crippen LogP contribution is 2.33. The van der Waals surface area contributed by atoms with E-state index < -0.39 is 5.25 Å². The minimum Gasteiger partial charge on any atom is -0.486 e. The van der Waals surface area contributed by atoms with Crippen molar-refractivity contribution in [2.45, 2.75) is 50.6 Å². The fraction of sp³-hybridized carbons (Fsp3) is 0.375. The molecule has 4 rings (SSSR count). The van der Waals surface area contributed by atoms with Gasteiger partial charge in [-0.3, -0.25) is 4.79 Å². The Morgan fingerprint density at radius 3 is 2.68 bits per heavy atom. The number of nitrogens with two attached hydrogens (primary N) is 1. The Labute approximate surface area is 203 Å². The highest BCUT2D eigenvalue weighted by atomic mass is 32.2. The first-order valence-corrected chi connectivity index (χ1v) is 12.0. The number of aromatic nitrogens is 3. The summed E-state index contributed by atoms with van der Waals surface area (Å²) in [5, 5.41) is 11.2. The number of thioether (sulfide) groups is 1. The number of anilines is 1. The van der Waals surface area contributed by atoms with E-state index in [1.165, 1.54) is 16.4 Å². The highest BCUT2D eigenvalue weighted by Gasteiger charge is 2.21. The Kier molecular flexibility index (Phi) is 7.16. The van der Waals surface area contributed by atoms with Gasteiger partial charge in [0.15, 0.2) is 17.3 Å². The van der Waals surface area contributed by atoms with Crippen LogP contribution in [0.25, 0.3) is 0 Å². The summed E-state index contributed by atoms with van der Waals surface area (Å²) >= 11 is 1.22.